The molecule has 1 aliphatic rings. The van der Waals surface area contributed by atoms with Crippen molar-refractivity contribution in [1.82, 2.24) is 19.5 Å². The summed E-state index contributed by atoms with van der Waals surface area (Å²) < 4.78 is 29.9. The fourth-order valence-corrected chi connectivity index (χ4v) is 2.92. The quantitative estimate of drug-likeness (QED) is 0.597. The molecule has 0 aromatic carbocycles. The van der Waals surface area contributed by atoms with E-state index in [0.717, 1.165) is 10.9 Å². The number of aliphatic hydroxyl groups is 3. The third kappa shape index (κ3) is 1.87. The average molecular weight is 315 g/mol. The van der Waals surface area contributed by atoms with Crippen molar-refractivity contribution in [3.8, 4) is 0 Å². The van der Waals surface area contributed by atoms with Gasteiger partial charge in [-0.15, -0.1) is 0 Å². The monoisotopic (exact) mass is 315 g/mol. The second kappa shape index (κ2) is 5.07. The van der Waals surface area contributed by atoms with Gasteiger partial charge in [-0.1, -0.05) is 0 Å². The summed E-state index contributed by atoms with van der Waals surface area (Å²) in [4.78, 5) is 11.9. The zero-order valence-corrected chi connectivity index (χ0v) is 11.6. The summed E-state index contributed by atoms with van der Waals surface area (Å²) in [7, 11) is 1.60. The van der Waals surface area contributed by atoms with E-state index in [0.29, 0.717) is 5.82 Å². The van der Waals surface area contributed by atoms with Gasteiger partial charge in [-0.05, 0) is 0 Å². The Hall–Kier alpha value is -1.91. The van der Waals surface area contributed by atoms with Gasteiger partial charge in [0, 0.05) is 7.05 Å². The molecule has 120 valence electrons. The summed E-state index contributed by atoms with van der Waals surface area (Å²) >= 11 is 0. The van der Waals surface area contributed by atoms with Gasteiger partial charge in [0.15, 0.2) is 11.5 Å². The topological polar surface area (TPSA) is 116 Å². The van der Waals surface area contributed by atoms with Crippen LogP contribution in [-0.4, -0.2) is 66.6 Å². The van der Waals surface area contributed by atoms with Crippen molar-refractivity contribution in [3.05, 3.63) is 12.7 Å². The number of hydrogen-bond donors (Lipinski definition) is 4. The van der Waals surface area contributed by atoms with E-state index in [1.807, 2.05) is 0 Å². The van der Waals surface area contributed by atoms with Crippen LogP contribution in [0.1, 0.15) is 6.04 Å². The second-order valence-electron chi connectivity index (χ2n) is 5.19. The summed E-state index contributed by atoms with van der Waals surface area (Å²) in [5.41, 5.74) is 0.379. The molecule has 0 unspecified atom stereocenters. The van der Waals surface area contributed by atoms with Gasteiger partial charge in [-0.3, -0.25) is 0 Å². The number of fused-ring (bicyclic) bond motifs is 1. The van der Waals surface area contributed by atoms with Crippen LogP contribution in [0, 0.1) is 5.92 Å². The Balaban J connectivity index is 2.15. The maximum Gasteiger partial charge on any atom is 0.278 e. The van der Waals surface area contributed by atoms with E-state index in [-0.39, 0.29) is 11.2 Å². The van der Waals surface area contributed by atoms with Crippen molar-refractivity contribution >= 4 is 17.0 Å². The molecule has 2 heterocycles. The number of nitrogens with zero attached hydrogens (tertiary/aromatic N) is 4. The van der Waals surface area contributed by atoms with Gasteiger partial charge in [-0.2, -0.15) is 0 Å². The Kier molecular flexibility index (Phi) is 3.46. The van der Waals surface area contributed by atoms with Crippen molar-refractivity contribution in [1.29, 1.82) is 0 Å². The molecule has 0 bridgehead atoms. The molecule has 1 aliphatic carbocycles. The maximum atomic E-state index is 14.5. The number of aliphatic hydroxyl groups excluding tert-OH is 3. The third-order valence-electron chi connectivity index (χ3n) is 4.07. The molecule has 10 heteroatoms. The van der Waals surface area contributed by atoms with Crippen molar-refractivity contribution in [2.75, 3.05) is 19.0 Å². The molecule has 4 atom stereocenters. The summed E-state index contributed by atoms with van der Waals surface area (Å²) in [5, 5.41) is 31.6. The molecule has 0 amide bonds. The predicted molar refractivity (Wildman–Crippen MR) is 71.4 cm³/mol. The minimum atomic E-state index is -3.52. The molecule has 22 heavy (non-hydrogen) atoms. The molecule has 1 saturated carbocycles. The number of alkyl halides is 2. The van der Waals surface area contributed by atoms with Gasteiger partial charge in [0.05, 0.1) is 25.0 Å². The van der Waals surface area contributed by atoms with Crippen molar-refractivity contribution in [3.63, 3.8) is 0 Å². The van der Waals surface area contributed by atoms with E-state index >= 15 is 0 Å². The maximum absolute atomic E-state index is 14.5. The molecular weight excluding hydrogens is 300 g/mol. The van der Waals surface area contributed by atoms with Gasteiger partial charge in [0.25, 0.3) is 5.92 Å². The number of halogens is 2. The molecule has 3 rings (SSSR count). The molecule has 0 saturated heterocycles. The highest BCUT2D eigenvalue weighted by Gasteiger charge is 2.63. The zero-order valence-electron chi connectivity index (χ0n) is 11.6. The minimum absolute atomic E-state index is 0.105. The van der Waals surface area contributed by atoms with E-state index in [2.05, 4.69) is 20.3 Å². The standard InChI is InChI=1S/C12H15F2N5O3/c1-15-10-6-11(17-3-16-10)19(4-18-6)9-8(22)7(21)5(2-20)12(9,13)14/h3-5,7-9,20-22H,2H2,1H3,(H,15,16,17)/t5-,7-,8-,9+/m1/s1. The van der Waals surface area contributed by atoms with Crippen LogP contribution in [0.25, 0.3) is 11.2 Å². The van der Waals surface area contributed by atoms with Crippen molar-refractivity contribution < 1.29 is 24.1 Å². The molecule has 2 aromatic rings. The van der Waals surface area contributed by atoms with Crippen LogP contribution < -0.4 is 5.32 Å². The lowest BCUT2D eigenvalue weighted by Crippen LogP contribution is -2.36. The highest BCUT2D eigenvalue weighted by atomic mass is 19.3. The van der Waals surface area contributed by atoms with Crippen molar-refractivity contribution in [2.45, 2.75) is 24.2 Å². The lowest BCUT2D eigenvalue weighted by Gasteiger charge is -2.25. The first kappa shape index (κ1) is 15.0. The Morgan fingerprint density at radius 1 is 1.27 bits per heavy atom. The Morgan fingerprint density at radius 3 is 2.59 bits per heavy atom. The highest BCUT2D eigenvalue weighted by Crippen LogP contribution is 2.48. The van der Waals surface area contributed by atoms with Crippen LogP contribution in [0.5, 0.6) is 0 Å². The number of anilines is 1. The van der Waals surface area contributed by atoms with Gasteiger partial charge < -0.3 is 25.2 Å². The molecule has 2 aromatic heterocycles. The second-order valence-corrected chi connectivity index (χ2v) is 5.19. The first-order chi connectivity index (χ1) is 10.4. The van der Waals surface area contributed by atoms with E-state index < -0.39 is 36.7 Å². The first-order valence-corrected chi connectivity index (χ1v) is 6.63. The summed E-state index contributed by atoms with van der Waals surface area (Å²) in [5.74, 6) is -4.92. The number of imidazole rings is 1. The van der Waals surface area contributed by atoms with Crippen LogP contribution in [0.3, 0.4) is 0 Å². The highest BCUT2D eigenvalue weighted by molar-refractivity contribution is 5.82. The summed E-state index contributed by atoms with van der Waals surface area (Å²) in [6.07, 6.45) is -1.19. The van der Waals surface area contributed by atoms with E-state index in [9.17, 15) is 19.0 Å². The van der Waals surface area contributed by atoms with Gasteiger partial charge in [0.2, 0.25) is 0 Å². The number of hydrogen-bond acceptors (Lipinski definition) is 7. The van der Waals surface area contributed by atoms with Gasteiger partial charge in [-0.25, -0.2) is 23.7 Å². The smallest absolute Gasteiger partial charge is 0.278 e. The number of aromatic nitrogens is 4. The number of nitrogens with one attached hydrogen (secondary N) is 1. The lowest BCUT2D eigenvalue weighted by molar-refractivity contribution is -0.101. The normalized spacial score (nSPS) is 30.8. The molecule has 0 aliphatic heterocycles. The Bertz CT molecular complexity index is 694. The number of rotatable bonds is 3. The van der Waals surface area contributed by atoms with Gasteiger partial charge >= 0.3 is 0 Å². The Morgan fingerprint density at radius 2 is 2.00 bits per heavy atom. The van der Waals surface area contributed by atoms with Crippen LogP contribution in [-0.2, 0) is 0 Å². The molecule has 0 spiro atoms. The summed E-state index contributed by atoms with van der Waals surface area (Å²) in [6, 6.07) is -1.77. The van der Waals surface area contributed by atoms with Crippen molar-refractivity contribution in [2.24, 2.45) is 5.92 Å². The molecular formula is C12H15F2N5O3. The van der Waals surface area contributed by atoms with E-state index in [1.165, 1.54) is 6.33 Å². The van der Waals surface area contributed by atoms with Crippen LogP contribution in [0.15, 0.2) is 12.7 Å². The van der Waals surface area contributed by atoms with E-state index in [1.54, 1.807) is 7.05 Å². The summed E-state index contributed by atoms with van der Waals surface area (Å²) in [6.45, 7) is -0.939. The van der Waals surface area contributed by atoms with Crippen LogP contribution >= 0.6 is 0 Å². The molecule has 0 radical (unpaired) electrons. The Labute approximate surface area is 123 Å². The van der Waals surface area contributed by atoms with Crippen LogP contribution in [0.2, 0.25) is 0 Å². The minimum Gasteiger partial charge on any atom is -0.396 e. The SMILES string of the molecule is CNc1ncnc2c1ncn2[C@H]1[C@H](O)[C@H](O)[C@@H](CO)C1(F)F. The predicted octanol–water partition coefficient (Wildman–Crippen LogP) is -0.612. The van der Waals surface area contributed by atoms with Gasteiger partial charge in [0.1, 0.15) is 24.0 Å². The lowest BCUT2D eigenvalue weighted by atomic mass is 10.0. The third-order valence-corrected chi connectivity index (χ3v) is 4.07. The fraction of sp³-hybridized carbons (Fsp3) is 0.583. The van der Waals surface area contributed by atoms with E-state index in [4.69, 9.17) is 5.11 Å². The largest absolute Gasteiger partial charge is 0.396 e. The average Bonchev–Trinajstić information content (AvgIpc) is 2.97. The fourth-order valence-electron chi connectivity index (χ4n) is 2.92. The zero-order chi connectivity index (χ0) is 16.1. The first-order valence-electron chi connectivity index (χ1n) is 6.63. The molecule has 1 fully saturated rings. The van der Waals surface area contributed by atoms with Crippen LogP contribution in [0.4, 0.5) is 14.6 Å². The molecule has 8 nitrogen and oxygen atoms in total. The molecule has 4 N–H and O–H groups in total.